The zero-order valence-electron chi connectivity index (χ0n) is 14.5. The highest BCUT2D eigenvalue weighted by atomic mass is 127. The topological polar surface area (TPSA) is 50.4 Å². The van der Waals surface area contributed by atoms with Gasteiger partial charge in [0.05, 0.1) is 6.61 Å². The molecule has 0 aliphatic carbocycles. The summed E-state index contributed by atoms with van der Waals surface area (Å²) in [5, 5.41) is 6.08. The van der Waals surface area contributed by atoms with E-state index in [2.05, 4.69) is 39.3 Å². The van der Waals surface area contributed by atoms with E-state index in [1.54, 1.807) is 18.2 Å². The van der Waals surface area contributed by atoms with Crippen LogP contribution in [-0.4, -0.2) is 17.6 Å². The lowest BCUT2D eigenvalue weighted by atomic mass is 10.1. The molecule has 6 heteroatoms. The van der Waals surface area contributed by atoms with Gasteiger partial charge in [0.15, 0.2) is 5.11 Å². The van der Waals surface area contributed by atoms with Crippen molar-refractivity contribution in [2.75, 3.05) is 11.9 Å². The molecule has 0 spiro atoms. The number of hydrogen-bond donors (Lipinski definition) is 2. The number of benzene rings is 2. The molecule has 0 fully saturated rings. The molecule has 0 aliphatic heterocycles. The van der Waals surface area contributed by atoms with Gasteiger partial charge in [0.25, 0.3) is 5.91 Å². The maximum atomic E-state index is 12.4. The van der Waals surface area contributed by atoms with Gasteiger partial charge in [0.2, 0.25) is 0 Å². The average Bonchev–Trinajstić information content (AvgIpc) is 2.58. The molecule has 0 heterocycles. The lowest BCUT2D eigenvalue weighted by Crippen LogP contribution is -2.34. The number of anilines is 1. The lowest BCUT2D eigenvalue weighted by Gasteiger charge is -2.14. The van der Waals surface area contributed by atoms with Crippen molar-refractivity contribution in [3.05, 3.63) is 56.7 Å². The zero-order chi connectivity index (χ0) is 18.4. The minimum atomic E-state index is -0.265. The molecule has 1 amide bonds. The number of hydrogen-bond acceptors (Lipinski definition) is 3. The molecule has 0 bridgehead atoms. The minimum Gasteiger partial charge on any atom is -0.494 e. The molecule has 0 saturated heterocycles. The van der Waals surface area contributed by atoms with E-state index < -0.39 is 0 Å². The molecule has 132 valence electrons. The third-order valence-electron chi connectivity index (χ3n) is 3.55. The summed E-state index contributed by atoms with van der Waals surface area (Å²) >= 11 is 7.57. The molecule has 2 aromatic rings. The Morgan fingerprint density at radius 3 is 2.68 bits per heavy atom. The summed E-state index contributed by atoms with van der Waals surface area (Å²) in [5.74, 6) is 0.414. The van der Waals surface area contributed by atoms with Crippen LogP contribution in [0.25, 0.3) is 0 Å². The Morgan fingerprint density at radius 2 is 1.96 bits per heavy atom. The number of halogens is 1. The number of rotatable bonds is 5. The van der Waals surface area contributed by atoms with Gasteiger partial charge < -0.3 is 10.1 Å². The molecule has 0 radical (unpaired) electrons. The monoisotopic (exact) mass is 468 g/mol. The van der Waals surface area contributed by atoms with Crippen molar-refractivity contribution in [1.82, 2.24) is 5.32 Å². The van der Waals surface area contributed by atoms with Crippen molar-refractivity contribution in [2.45, 2.75) is 27.2 Å². The highest BCUT2D eigenvalue weighted by Gasteiger charge is 2.10. The first-order valence-electron chi connectivity index (χ1n) is 8.02. The van der Waals surface area contributed by atoms with E-state index in [0.29, 0.717) is 17.9 Å². The van der Waals surface area contributed by atoms with Gasteiger partial charge >= 0.3 is 0 Å². The first kappa shape index (κ1) is 19.7. The van der Waals surface area contributed by atoms with E-state index in [1.165, 1.54) is 3.57 Å². The molecule has 0 atom stereocenters. The van der Waals surface area contributed by atoms with Crippen molar-refractivity contribution < 1.29 is 9.53 Å². The van der Waals surface area contributed by atoms with E-state index in [1.807, 2.05) is 32.9 Å². The van der Waals surface area contributed by atoms with Gasteiger partial charge in [-0.15, -0.1) is 0 Å². The van der Waals surface area contributed by atoms with Crippen LogP contribution in [0.4, 0.5) is 5.69 Å². The van der Waals surface area contributed by atoms with Gasteiger partial charge in [-0.1, -0.05) is 13.0 Å². The van der Waals surface area contributed by atoms with Gasteiger partial charge in [0, 0.05) is 14.8 Å². The molecular weight excluding hydrogens is 447 g/mol. The van der Waals surface area contributed by atoms with E-state index in [4.69, 9.17) is 17.0 Å². The molecule has 2 rings (SSSR count). The smallest absolute Gasteiger partial charge is 0.257 e. The van der Waals surface area contributed by atoms with Crippen LogP contribution in [0.3, 0.4) is 0 Å². The summed E-state index contributed by atoms with van der Waals surface area (Å²) in [6, 6.07) is 11.2. The molecule has 2 N–H and O–H groups in total. The Bertz CT molecular complexity index is 793. The summed E-state index contributed by atoms with van der Waals surface area (Å²) in [6.45, 7) is 6.70. The van der Waals surface area contributed by atoms with Gasteiger partial charge in [0.1, 0.15) is 5.75 Å². The summed E-state index contributed by atoms with van der Waals surface area (Å²) in [6.07, 6.45) is 0.916. The lowest BCUT2D eigenvalue weighted by molar-refractivity contribution is 0.0977. The van der Waals surface area contributed by atoms with Crippen LogP contribution in [0.15, 0.2) is 36.4 Å². The first-order chi connectivity index (χ1) is 11.9. The number of carbonyl (C=O) groups is 1. The third-order valence-corrected chi connectivity index (χ3v) is 4.92. The predicted molar refractivity (Wildman–Crippen MR) is 115 cm³/mol. The number of nitrogens with one attached hydrogen (secondary N) is 2. The highest BCUT2D eigenvalue weighted by molar-refractivity contribution is 14.1. The molecule has 0 aromatic heterocycles. The highest BCUT2D eigenvalue weighted by Crippen LogP contribution is 2.22. The molecule has 2 aromatic carbocycles. The molecular formula is C19H21IN2O2S. The molecule has 4 nitrogen and oxygen atoms in total. The Labute approximate surface area is 167 Å². The van der Waals surface area contributed by atoms with E-state index >= 15 is 0 Å². The van der Waals surface area contributed by atoms with Crippen molar-refractivity contribution in [3.8, 4) is 5.75 Å². The molecule has 0 saturated carbocycles. The van der Waals surface area contributed by atoms with Crippen molar-refractivity contribution in [1.29, 1.82) is 0 Å². The number of thiocarbonyl (C=S) groups is 1. The number of amides is 1. The van der Waals surface area contributed by atoms with E-state index in [-0.39, 0.29) is 11.0 Å². The van der Waals surface area contributed by atoms with E-state index in [9.17, 15) is 4.79 Å². The predicted octanol–water partition coefficient (Wildman–Crippen LogP) is 4.82. The van der Waals surface area contributed by atoms with Crippen molar-refractivity contribution in [3.63, 3.8) is 0 Å². The van der Waals surface area contributed by atoms with E-state index in [0.717, 1.165) is 23.2 Å². The normalized spacial score (nSPS) is 10.2. The number of ether oxygens (including phenoxy) is 1. The maximum Gasteiger partial charge on any atom is 0.257 e. The molecule has 0 aliphatic rings. The fourth-order valence-electron chi connectivity index (χ4n) is 2.19. The van der Waals surface area contributed by atoms with Crippen LogP contribution >= 0.6 is 34.8 Å². The Morgan fingerprint density at radius 1 is 1.20 bits per heavy atom. The van der Waals surface area contributed by atoms with Gasteiger partial charge in [-0.05, 0) is 96.5 Å². The molecule has 0 unspecified atom stereocenters. The minimum absolute atomic E-state index is 0.265. The van der Waals surface area contributed by atoms with Crippen LogP contribution in [0, 0.1) is 17.4 Å². The van der Waals surface area contributed by atoms with Crippen molar-refractivity contribution in [2.24, 2.45) is 0 Å². The van der Waals surface area contributed by atoms with Crippen LogP contribution in [-0.2, 0) is 0 Å². The Hall–Kier alpha value is -1.67. The van der Waals surface area contributed by atoms with Gasteiger partial charge in [-0.2, -0.15) is 0 Å². The number of carbonyl (C=O) groups excluding carboxylic acids is 1. The fraction of sp³-hybridized carbons (Fsp3) is 0.263. The van der Waals surface area contributed by atoms with Crippen LogP contribution in [0.5, 0.6) is 5.75 Å². The standard InChI is InChI=1S/C19H21IN2O2S/c1-4-8-24-15-7-5-6-14(11-15)18(23)22-19(25)21-17-10-12(2)16(20)9-13(17)3/h5-7,9-11H,4,8H2,1-3H3,(H2,21,22,23,25). The third kappa shape index (κ3) is 5.67. The quantitative estimate of drug-likeness (QED) is 0.488. The fourth-order valence-corrected chi connectivity index (χ4v) is 3.02. The number of aryl methyl sites for hydroxylation is 2. The second-order valence-electron chi connectivity index (χ2n) is 5.70. The van der Waals surface area contributed by atoms with Gasteiger partial charge in [-0.3, -0.25) is 10.1 Å². The van der Waals surface area contributed by atoms with Gasteiger partial charge in [-0.25, -0.2) is 0 Å². The Balaban J connectivity index is 2.03. The average molecular weight is 468 g/mol. The second kappa shape index (κ2) is 9.15. The SMILES string of the molecule is CCCOc1cccc(C(=O)NC(=S)Nc2cc(C)c(I)cc2C)c1. The van der Waals surface area contributed by atoms with Crippen molar-refractivity contribution >= 4 is 51.5 Å². The summed E-state index contributed by atoms with van der Waals surface area (Å²) < 4.78 is 6.75. The largest absolute Gasteiger partial charge is 0.494 e. The summed E-state index contributed by atoms with van der Waals surface area (Å²) in [4.78, 5) is 12.4. The first-order valence-corrected chi connectivity index (χ1v) is 9.51. The molecule has 25 heavy (non-hydrogen) atoms. The maximum absolute atomic E-state index is 12.4. The second-order valence-corrected chi connectivity index (χ2v) is 7.27. The van der Waals surface area contributed by atoms with Crippen LogP contribution in [0.2, 0.25) is 0 Å². The van der Waals surface area contributed by atoms with Crippen LogP contribution in [0.1, 0.15) is 34.8 Å². The Kier molecular flexibility index (Phi) is 7.19. The summed E-state index contributed by atoms with van der Waals surface area (Å²) in [7, 11) is 0. The zero-order valence-corrected chi connectivity index (χ0v) is 17.5. The summed E-state index contributed by atoms with van der Waals surface area (Å²) in [5.41, 5.74) is 3.63. The van der Waals surface area contributed by atoms with Crippen LogP contribution < -0.4 is 15.4 Å².